The third kappa shape index (κ3) is 11.6. The molecule has 4 nitrogen and oxygen atoms in total. The van der Waals surface area contributed by atoms with Crippen molar-refractivity contribution in [3.63, 3.8) is 0 Å². The van der Waals surface area contributed by atoms with Crippen LogP contribution in [0.5, 0.6) is 0 Å². The summed E-state index contributed by atoms with van der Waals surface area (Å²) in [5.41, 5.74) is 5.37. The van der Waals surface area contributed by atoms with E-state index in [0.29, 0.717) is 0 Å². The van der Waals surface area contributed by atoms with E-state index in [0.717, 1.165) is 45.6 Å². The summed E-state index contributed by atoms with van der Waals surface area (Å²) in [6, 6.07) is 0. The first-order chi connectivity index (χ1) is 6.91. The molecule has 14 heavy (non-hydrogen) atoms. The molecule has 0 saturated carbocycles. The van der Waals surface area contributed by atoms with Gasteiger partial charge in [0.25, 0.3) is 0 Å². The maximum absolute atomic E-state index is 6.83. The summed E-state index contributed by atoms with van der Waals surface area (Å²) in [6.45, 7) is 4.90. The van der Waals surface area contributed by atoms with Gasteiger partial charge >= 0.3 is 0 Å². The molecule has 0 aromatic rings. The van der Waals surface area contributed by atoms with Gasteiger partial charge in [0.2, 0.25) is 0 Å². The Hall–Kier alpha value is -0.450. The van der Waals surface area contributed by atoms with Gasteiger partial charge in [-0.1, -0.05) is 0 Å². The van der Waals surface area contributed by atoms with E-state index in [4.69, 9.17) is 11.1 Å². The summed E-state index contributed by atoms with van der Waals surface area (Å²) in [5.74, 6) is 0. The lowest BCUT2D eigenvalue weighted by Gasteiger charge is -2.04. The molecule has 0 fully saturated rings. The van der Waals surface area contributed by atoms with Gasteiger partial charge in [-0.05, 0) is 58.1 Å². The molecule has 0 amide bonds. The van der Waals surface area contributed by atoms with E-state index in [2.05, 4.69) is 10.6 Å². The first-order valence-corrected chi connectivity index (χ1v) is 5.52. The second kappa shape index (κ2) is 12.6. The van der Waals surface area contributed by atoms with Crippen LogP contribution < -0.4 is 16.4 Å². The fourth-order valence-corrected chi connectivity index (χ4v) is 1.15. The summed E-state index contributed by atoms with van der Waals surface area (Å²) in [7, 11) is 0. The highest BCUT2D eigenvalue weighted by molar-refractivity contribution is 5.52. The van der Waals surface area contributed by atoms with Crippen molar-refractivity contribution in [1.29, 1.82) is 5.41 Å². The van der Waals surface area contributed by atoms with Crippen molar-refractivity contribution in [2.45, 2.75) is 25.7 Å². The molecule has 0 radical (unpaired) electrons. The van der Waals surface area contributed by atoms with Gasteiger partial charge in [0.15, 0.2) is 0 Å². The molecule has 0 aliphatic carbocycles. The maximum atomic E-state index is 6.83. The number of rotatable bonds is 11. The Bertz CT molecular complexity index is 117. The quantitative estimate of drug-likeness (QED) is 0.287. The van der Waals surface area contributed by atoms with Gasteiger partial charge in [-0.3, -0.25) is 0 Å². The average Bonchev–Trinajstić information content (AvgIpc) is 2.21. The van der Waals surface area contributed by atoms with Gasteiger partial charge in [-0.25, -0.2) is 0 Å². The Morgan fingerprint density at radius 3 is 2.07 bits per heavy atom. The maximum Gasteiger partial charge on any atom is 0.0000489 e. The molecule has 0 atom stereocenters. The van der Waals surface area contributed by atoms with Gasteiger partial charge in [-0.2, -0.15) is 0 Å². The van der Waals surface area contributed by atoms with Gasteiger partial charge in [0.1, 0.15) is 0 Å². The van der Waals surface area contributed by atoms with Crippen molar-refractivity contribution < 1.29 is 0 Å². The summed E-state index contributed by atoms with van der Waals surface area (Å²) in [5, 5.41) is 13.5. The summed E-state index contributed by atoms with van der Waals surface area (Å²) in [6.07, 6.45) is 5.77. The van der Waals surface area contributed by atoms with Crippen LogP contribution in [0.4, 0.5) is 0 Å². The second-order valence-corrected chi connectivity index (χ2v) is 3.34. The third-order valence-electron chi connectivity index (χ3n) is 1.98. The molecular formula is C10H24N4. The Labute approximate surface area is 87.1 Å². The van der Waals surface area contributed by atoms with E-state index in [1.807, 2.05) is 0 Å². The smallest absolute Gasteiger partial charge is 0.0000489 e. The van der Waals surface area contributed by atoms with Crippen LogP contribution in [-0.4, -0.2) is 38.9 Å². The van der Waals surface area contributed by atoms with Gasteiger partial charge in [-0.15, -0.1) is 0 Å². The van der Waals surface area contributed by atoms with E-state index in [-0.39, 0.29) is 0 Å². The summed E-state index contributed by atoms with van der Waals surface area (Å²) >= 11 is 0. The molecule has 0 aliphatic heterocycles. The minimum Gasteiger partial charge on any atom is -0.330 e. The molecule has 0 aliphatic rings. The minimum absolute atomic E-state index is 0.776. The SMILES string of the molecule is N=CCCNCCCCNCCCN. The van der Waals surface area contributed by atoms with Gasteiger partial charge < -0.3 is 21.8 Å². The van der Waals surface area contributed by atoms with Crippen molar-refractivity contribution in [3.05, 3.63) is 0 Å². The van der Waals surface area contributed by atoms with Crippen molar-refractivity contribution in [1.82, 2.24) is 10.6 Å². The van der Waals surface area contributed by atoms with Crippen LogP contribution >= 0.6 is 0 Å². The molecule has 5 N–H and O–H groups in total. The van der Waals surface area contributed by atoms with Crippen LogP contribution in [0.3, 0.4) is 0 Å². The molecule has 0 bridgehead atoms. The molecule has 0 rings (SSSR count). The average molecular weight is 200 g/mol. The van der Waals surface area contributed by atoms with Crippen LogP contribution in [0.2, 0.25) is 0 Å². The van der Waals surface area contributed by atoms with E-state index >= 15 is 0 Å². The number of nitrogens with one attached hydrogen (secondary N) is 3. The Morgan fingerprint density at radius 2 is 1.50 bits per heavy atom. The normalized spacial score (nSPS) is 10.4. The van der Waals surface area contributed by atoms with E-state index in [9.17, 15) is 0 Å². The molecular weight excluding hydrogens is 176 g/mol. The Morgan fingerprint density at radius 1 is 0.929 bits per heavy atom. The molecule has 4 heteroatoms. The van der Waals surface area contributed by atoms with Crippen molar-refractivity contribution in [2.75, 3.05) is 32.7 Å². The third-order valence-corrected chi connectivity index (χ3v) is 1.98. The number of nitrogens with two attached hydrogens (primary N) is 1. The molecule has 0 aromatic heterocycles. The van der Waals surface area contributed by atoms with E-state index in [1.54, 1.807) is 0 Å². The van der Waals surface area contributed by atoms with Crippen LogP contribution in [0.25, 0.3) is 0 Å². The fraction of sp³-hybridized carbons (Fsp3) is 0.900. The summed E-state index contributed by atoms with van der Waals surface area (Å²) < 4.78 is 0. The zero-order valence-corrected chi connectivity index (χ0v) is 9.02. The van der Waals surface area contributed by atoms with Crippen LogP contribution in [0.15, 0.2) is 0 Å². The lowest BCUT2D eigenvalue weighted by atomic mass is 10.3. The highest BCUT2D eigenvalue weighted by Crippen LogP contribution is 1.84. The van der Waals surface area contributed by atoms with Crippen molar-refractivity contribution in [3.8, 4) is 0 Å². The first kappa shape index (κ1) is 13.5. The molecule has 0 heterocycles. The van der Waals surface area contributed by atoms with Crippen LogP contribution in [0.1, 0.15) is 25.7 Å². The van der Waals surface area contributed by atoms with Crippen LogP contribution in [-0.2, 0) is 0 Å². The fourth-order valence-electron chi connectivity index (χ4n) is 1.15. The van der Waals surface area contributed by atoms with Crippen molar-refractivity contribution >= 4 is 6.21 Å². The summed E-state index contributed by atoms with van der Waals surface area (Å²) in [4.78, 5) is 0. The van der Waals surface area contributed by atoms with Gasteiger partial charge in [0, 0.05) is 6.54 Å². The highest BCUT2D eigenvalue weighted by Gasteiger charge is 1.89. The Kier molecular flexibility index (Phi) is 12.1. The lowest BCUT2D eigenvalue weighted by Crippen LogP contribution is -2.21. The highest BCUT2D eigenvalue weighted by atomic mass is 14.9. The molecule has 0 unspecified atom stereocenters. The first-order valence-electron chi connectivity index (χ1n) is 5.52. The topological polar surface area (TPSA) is 73.9 Å². The predicted molar refractivity (Wildman–Crippen MR) is 62.0 cm³/mol. The largest absolute Gasteiger partial charge is 0.330 e. The zero-order chi connectivity index (χ0) is 10.5. The number of hydrogen-bond donors (Lipinski definition) is 4. The van der Waals surface area contributed by atoms with E-state index < -0.39 is 0 Å². The number of unbranched alkanes of at least 4 members (excludes halogenated alkanes) is 1. The molecule has 0 aromatic carbocycles. The molecule has 0 saturated heterocycles. The van der Waals surface area contributed by atoms with Crippen molar-refractivity contribution in [2.24, 2.45) is 5.73 Å². The zero-order valence-electron chi connectivity index (χ0n) is 9.02. The standard InChI is InChI=1S/C10H24N4/c11-5-3-9-13-7-1-2-8-14-10-4-6-12/h5,11,13-14H,1-4,6-10,12H2. The Balaban J connectivity index is 2.81. The lowest BCUT2D eigenvalue weighted by molar-refractivity contribution is 0.580. The van der Waals surface area contributed by atoms with Gasteiger partial charge in [0.05, 0.1) is 0 Å². The van der Waals surface area contributed by atoms with Crippen LogP contribution in [0, 0.1) is 5.41 Å². The molecule has 0 spiro atoms. The number of hydrogen-bond acceptors (Lipinski definition) is 4. The molecule has 84 valence electrons. The predicted octanol–water partition coefficient (Wildman–Crippen LogP) is 0.334. The second-order valence-electron chi connectivity index (χ2n) is 3.34. The minimum atomic E-state index is 0.776. The van der Waals surface area contributed by atoms with E-state index in [1.165, 1.54) is 19.1 Å². The monoisotopic (exact) mass is 200 g/mol.